The Hall–Kier alpha value is -1.82. The van der Waals surface area contributed by atoms with Crippen LogP contribution in [0.15, 0.2) is 27.1 Å². The molecule has 0 amide bonds. The van der Waals surface area contributed by atoms with E-state index in [1.54, 1.807) is 0 Å². The molecule has 0 bridgehead atoms. The number of rotatable bonds is 1. The van der Waals surface area contributed by atoms with Gasteiger partial charge in [-0.15, -0.1) is 0 Å². The molecule has 0 spiro atoms. The number of nitrogens with one attached hydrogen (secondary N) is 1. The molecule has 3 aromatic rings. The van der Waals surface area contributed by atoms with E-state index in [1.807, 2.05) is 25.1 Å². The molecule has 0 radical (unpaired) electrons. The van der Waals surface area contributed by atoms with Crippen LogP contribution in [-0.4, -0.2) is 15.2 Å². The van der Waals surface area contributed by atoms with Gasteiger partial charge in [0.2, 0.25) is 0 Å². The molecule has 17 heavy (non-hydrogen) atoms. The van der Waals surface area contributed by atoms with Crippen LogP contribution in [0.2, 0.25) is 0 Å². The maximum Gasteiger partial charge on any atom is 0.192 e. The first kappa shape index (κ1) is 10.3. The molecule has 0 aliphatic carbocycles. The number of nitrogens with two attached hydrogens (primary N) is 1. The number of aryl methyl sites for hydroxylation is 1. The summed E-state index contributed by atoms with van der Waals surface area (Å²) in [5.41, 5.74) is 9.06. The molecule has 0 aliphatic heterocycles. The summed E-state index contributed by atoms with van der Waals surface area (Å²) in [5.74, 6) is 1.09. The van der Waals surface area contributed by atoms with E-state index in [-0.39, 0.29) is 0 Å². The number of hydrogen-bond acceptors (Lipinski definition) is 4. The molecular formula is C11H9BrN4O. The number of hydrogen-bond donors (Lipinski definition) is 2. The summed E-state index contributed by atoms with van der Waals surface area (Å²) in [6.07, 6.45) is 0. The zero-order valence-electron chi connectivity index (χ0n) is 8.99. The zero-order valence-corrected chi connectivity index (χ0v) is 10.6. The van der Waals surface area contributed by atoms with Gasteiger partial charge in [-0.2, -0.15) is 5.10 Å². The maximum absolute atomic E-state index is 5.67. The summed E-state index contributed by atoms with van der Waals surface area (Å²) in [6.45, 7) is 1.82. The number of nitrogens with zero attached hydrogens (tertiary/aromatic N) is 2. The van der Waals surface area contributed by atoms with Gasteiger partial charge in [-0.3, -0.25) is 5.10 Å². The van der Waals surface area contributed by atoms with Gasteiger partial charge in [0, 0.05) is 12.5 Å². The first-order valence-electron chi connectivity index (χ1n) is 5.02. The van der Waals surface area contributed by atoms with Crippen LogP contribution in [0.25, 0.3) is 22.4 Å². The highest BCUT2D eigenvalue weighted by Gasteiger charge is 2.11. The summed E-state index contributed by atoms with van der Waals surface area (Å²) in [4.78, 5) is 4.29. The lowest BCUT2D eigenvalue weighted by Gasteiger charge is -1.97. The Labute approximate surface area is 105 Å². The number of nitrogen functional groups attached to an aromatic ring is 1. The lowest BCUT2D eigenvalue weighted by atomic mass is 10.1. The fraction of sp³-hybridized carbons (Fsp3) is 0.0909. The number of anilines is 1. The van der Waals surface area contributed by atoms with E-state index in [1.165, 1.54) is 0 Å². The van der Waals surface area contributed by atoms with Crippen molar-refractivity contribution in [2.45, 2.75) is 6.92 Å². The Balaban J connectivity index is 2.20. The summed E-state index contributed by atoms with van der Waals surface area (Å²) in [6, 6.07) is 5.75. The maximum atomic E-state index is 5.67. The van der Waals surface area contributed by atoms with Crippen molar-refractivity contribution in [1.82, 2.24) is 15.2 Å². The number of H-pyrrole nitrogens is 1. The predicted octanol–water partition coefficient (Wildman–Crippen LogP) is 2.87. The Morgan fingerprint density at radius 3 is 2.94 bits per heavy atom. The average molecular weight is 293 g/mol. The lowest BCUT2D eigenvalue weighted by molar-refractivity contribution is 0.561. The topological polar surface area (TPSA) is 80.7 Å². The minimum Gasteiger partial charge on any atom is -0.441 e. The minimum absolute atomic E-state index is 0.441. The van der Waals surface area contributed by atoms with Crippen molar-refractivity contribution < 1.29 is 4.42 Å². The van der Waals surface area contributed by atoms with Gasteiger partial charge in [-0.1, -0.05) is 0 Å². The monoisotopic (exact) mass is 292 g/mol. The van der Waals surface area contributed by atoms with Crippen molar-refractivity contribution in [3.63, 3.8) is 0 Å². The van der Waals surface area contributed by atoms with Gasteiger partial charge in [0.05, 0.1) is 10.2 Å². The molecule has 0 atom stereocenters. The Bertz CT molecular complexity index is 701. The van der Waals surface area contributed by atoms with Crippen LogP contribution >= 0.6 is 15.9 Å². The average Bonchev–Trinajstić information content (AvgIpc) is 2.81. The van der Waals surface area contributed by atoms with Crippen LogP contribution in [0.1, 0.15) is 5.89 Å². The van der Waals surface area contributed by atoms with Crippen LogP contribution in [0.5, 0.6) is 0 Å². The van der Waals surface area contributed by atoms with Gasteiger partial charge in [0.25, 0.3) is 0 Å². The third kappa shape index (κ3) is 1.61. The SMILES string of the molecule is Cc1nc2cc(-c3[nH]nc(N)c3Br)ccc2o1. The van der Waals surface area contributed by atoms with Gasteiger partial charge < -0.3 is 10.2 Å². The second-order valence-electron chi connectivity index (χ2n) is 3.71. The third-order valence-electron chi connectivity index (χ3n) is 2.52. The predicted molar refractivity (Wildman–Crippen MR) is 68.4 cm³/mol. The van der Waals surface area contributed by atoms with Gasteiger partial charge in [0.15, 0.2) is 17.3 Å². The first-order chi connectivity index (χ1) is 8.15. The van der Waals surface area contributed by atoms with E-state index in [0.29, 0.717) is 11.7 Å². The van der Waals surface area contributed by atoms with Crippen LogP contribution < -0.4 is 5.73 Å². The summed E-state index contributed by atoms with van der Waals surface area (Å²) in [7, 11) is 0. The lowest BCUT2D eigenvalue weighted by Crippen LogP contribution is -1.83. The molecule has 1 aromatic carbocycles. The molecule has 86 valence electrons. The summed E-state index contributed by atoms with van der Waals surface area (Å²) >= 11 is 3.39. The number of fused-ring (bicyclic) bond motifs is 1. The van der Waals surface area contributed by atoms with Crippen molar-refractivity contribution in [2.75, 3.05) is 5.73 Å². The number of halogens is 1. The molecule has 0 saturated heterocycles. The highest BCUT2D eigenvalue weighted by atomic mass is 79.9. The molecule has 3 rings (SSSR count). The van der Waals surface area contributed by atoms with Crippen molar-refractivity contribution in [2.24, 2.45) is 0 Å². The van der Waals surface area contributed by atoms with Crippen molar-refractivity contribution >= 4 is 32.8 Å². The third-order valence-corrected chi connectivity index (χ3v) is 3.32. The number of aromatic amines is 1. The first-order valence-corrected chi connectivity index (χ1v) is 5.81. The summed E-state index contributed by atoms with van der Waals surface area (Å²) < 4.78 is 6.18. The van der Waals surface area contributed by atoms with Gasteiger partial charge in [-0.25, -0.2) is 4.98 Å². The van der Waals surface area contributed by atoms with E-state index in [0.717, 1.165) is 26.8 Å². The fourth-order valence-electron chi connectivity index (χ4n) is 1.73. The molecule has 6 heteroatoms. The Morgan fingerprint density at radius 2 is 2.24 bits per heavy atom. The Kier molecular flexibility index (Phi) is 2.19. The molecule has 0 unspecified atom stereocenters. The van der Waals surface area contributed by atoms with Crippen LogP contribution in [0.3, 0.4) is 0 Å². The quantitative estimate of drug-likeness (QED) is 0.723. The van der Waals surface area contributed by atoms with E-state index < -0.39 is 0 Å². The summed E-state index contributed by atoms with van der Waals surface area (Å²) in [5, 5.41) is 6.82. The van der Waals surface area contributed by atoms with E-state index in [2.05, 4.69) is 31.1 Å². The van der Waals surface area contributed by atoms with Crippen LogP contribution in [0, 0.1) is 6.92 Å². The van der Waals surface area contributed by atoms with Gasteiger partial charge >= 0.3 is 0 Å². The number of benzene rings is 1. The highest BCUT2D eigenvalue weighted by Crippen LogP contribution is 2.31. The van der Waals surface area contributed by atoms with Crippen LogP contribution in [-0.2, 0) is 0 Å². The van der Waals surface area contributed by atoms with Crippen molar-refractivity contribution in [1.29, 1.82) is 0 Å². The van der Waals surface area contributed by atoms with Gasteiger partial charge in [0.1, 0.15) is 5.52 Å². The van der Waals surface area contributed by atoms with Crippen molar-refractivity contribution in [3.05, 3.63) is 28.6 Å². The molecule has 0 saturated carbocycles. The Morgan fingerprint density at radius 1 is 1.41 bits per heavy atom. The standard InChI is InChI=1S/C11H9BrN4O/c1-5-14-7-4-6(2-3-8(7)17-5)10-9(12)11(13)16-15-10/h2-4H,1H3,(H3,13,15,16). The number of aromatic nitrogens is 3. The zero-order chi connectivity index (χ0) is 12.0. The van der Waals surface area contributed by atoms with Gasteiger partial charge in [-0.05, 0) is 34.1 Å². The van der Waals surface area contributed by atoms with E-state index in [4.69, 9.17) is 10.2 Å². The molecule has 2 aromatic heterocycles. The second-order valence-corrected chi connectivity index (χ2v) is 4.51. The van der Waals surface area contributed by atoms with E-state index in [9.17, 15) is 0 Å². The van der Waals surface area contributed by atoms with E-state index >= 15 is 0 Å². The molecular weight excluding hydrogens is 284 g/mol. The molecule has 3 N–H and O–H groups in total. The second kappa shape index (κ2) is 3.59. The minimum atomic E-state index is 0.441. The molecule has 0 aliphatic rings. The highest BCUT2D eigenvalue weighted by molar-refractivity contribution is 9.10. The smallest absolute Gasteiger partial charge is 0.192 e. The number of oxazole rings is 1. The fourth-order valence-corrected chi connectivity index (χ4v) is 2.14. The molecule has 2 heterocycles. The largest absolute Gasteiger partial charge is 0.441 e. The van der Waals surface area contributed by atoms with Crippen molar-refractivity contribution in [3.8, 4) is 11.3 Å². The normalized spacial score (nSPS) is 11.2. The van der Waals surface area contributed by atoms with Crippen LogP contribution in [0.4, 0.5) is 5.82 Å². The molecule has 0 fully saturated rings. The molecule has 5 nitrogen and oxygen atoms in total.